The highest BCUT2D eigenvalue weighted by Crippen LogP contribution is 2.49. The molecule has 0 unspecified atom stereocenters. The Bertz CT molecular complexity index is 4450. The summed E-state index contributed by atoms with van der Waals surface area (Å²) in [6, 6.07) is 32.4. The summed E-state index contributed by atoms with van der Waals surface area (Å²) in [6.45, 7) is 42.3. The summed E-state index contributed by atoms with van der Waals surface area (Å²) < 4.78 is 0. The van der Waals surface area contributed by atoms with Gasteiger partial charge in [-0.15, -0.1) is 0 Å². The van der Waals surface area contributed by atoms with E-state index < -0.39 is 10.8 Å². The fourth-order valence-corrected chi connectivity index (χ4v) is 15.4. The van der Waals surface area contributed by atoms with Crippen LogP contribution in [0, 0.1) is 125 Å². The molecule has 510 valence electrons. The lowest BCUT2D eigenvalue weighted by atomic mass is 9.68. The Hall–Kier alpha value is -9.60. The van der Waals surface area contributed by atoms with Gasteiger partial charge in [-0.2, -0.15) is 0 Å². The van der Waals surface area contributed by atoms with Gasteiger partial charge >= 0.3 is 0 Å². The third kappa shape index (κ3) is 12.7. The van der Waals surface area contributed by atoms with E-state index in [2.05, 4.69) is 81.4 Å². The van der Waals surface area contributed by atoms with Gasteiger partial charge in [0.1, 0.15) is 51.7 Å². The minimum absolute atomic E-state index is 0.154. The molecule has 0 radical (unpaired) electrons. The standard InChI is InChI=1S/C89H100O9/c1-44-26-79(90)56(13)50(7)73(44)38-62-32-70(33-63(85(62)96)39-74-45(2)27-80(91)57(14)51(74)8)88(19,20)68-22-24-69(25-23-68)89(21,71-34-64(40-75-46(3)28-81(92)58(15)52(75)9)86(97)65(35-71)41-76-47(4)29-82(93)59(16)53(76)10)72-36-66(42-77-48(5)30-83(94)60(17)54(77)11)87(98)67(37-72)43-78-49(6)31-84(95)61(18)55(78)12/h22-37,90-98H,38-43H2,1-21H3. The first kappa shape index (κ1) is 71.2. The van der Waals surface area contributed by atoms with Crippen LogP contribution >= 0.6 is 0 Å². The summed E-state index contributed by atoms with van der Waals surface area (Å²) in [5, 5.41) is 105. The van der Waals surface area contributed by atoms with Crippen molar-refractivity contribution in [2.24, 2.45) is 0 Å². The monoisotopic (exact) mass is 1310 g/mol. The topological polar surface area (TPSA) is 182 Å². The molecule has 0 saturated heterocycles. The number of aryl methyl sites for hydroxylation is 6. The summed E-state index contributed by atoms with van der Waals surface area (Å²) in [6.07, 6.45) is 2.23. The van der Waals surface area contributed by atoms with E-state index in [-0.39, 0.29) is 51.7 Å². The van der Waals surface area contributed by atoms with E-state index in [0.717, 1.165) is 172 Å². The predicted molar refractivity (Wildman–Crippen MR) is 399 cm³/mol. The van der Waals surface area contributed by atoms with Crippen molar-refractivity contribution in [3.8, 4) is 51.7 Å². The van der Waals surface area contributed by atoms with Crippen LogP contribution in [0.1, 0.15) is 215 Å². The van der Waals surface area contributed by atoms with Crippen LogP contribution in [0.15, 0.2) is 97.1 Å². The number of benzene rings is 10. The molecule has 9 N–H and O–H groups in total. The summed E-state index contributed by atoms with van der Waals surface area (Å²) in [4.78, 5) is 0. The van der Waals surface area contributed by atoms with E-state index in [4.69, 9.17) is 0 Å². The largest absolute Gasteiger partial charge is 0.508 e. The van der Waals surface area contributed by atoms with E-state index >= 15 is 0 Å². The van der Waals surface area contributed by atoms with Gasteiger partial charge in [0.15, 0.2) is 0 Å². The predicted octanol–water partition coefficient (Wildman–Crippen LogP) is 19.8. The molecular weight excluding hydrogens is 1210 g/mol. The van der Waals surface area contributed by atoms with E-state index in [1.807, 2.05) is 125 Å². The molecule has 0 aliphatic heterocycles. The minimum Gasteiger partial charge on any atom is -0.508 e. The summed E-state index contributed by atoms with van der Waals surface area (Å²) in [7, 11) is 0. The molecule has 0 saturated carbocycles. The highest BCUT2D eigenvalue weighted by atomic mass is 16.3. The second kappa shape index (κ2) is 26.7. The summed E-state index contributed by atoms with van der Waals surface area (Å²) >= 11 is 0. The SMILES string of the molecule is Cc1cc(O)c(C)c(C)c1Cc1cc(C(C)(C)c2ccc(C(C)(c3cc(Cc4c(C)cc(O)c(C)c4C)c(O)c(Cc4c(C)cc(O)c(C)c4C)c3)c3cc(Cc4c(C)cc(O)c(C)c4C)c(O)c(Cc4c(C)cc(O)c(C)c4C)c3)cc2)cc(Cc2c(C)cc(O)c(C)c2C)c1O. The summed E-state index contributed by atoms with van der Waals surface area (Å²) in [5.74, 6) is 1.84. The third-order valence-electron chi connectivity index (χ3n) is 23.4. The zero-order chi connectivity index (χ0) is 72.0. The maximum atomic E-state index is 13.0. The first-order chi connectivity index (χ1) is 45.9. The highest BCUT2D eigenvalue weighted by Gasteiger charge is 2.37. The van der Waals surface area contributed by atoms with Crippen molar-refractivity contribution in [3.63, 3.8) is 0 Å². The molecule has 0 bridgehead atoms. The Labute approximate surface area is 581 Å². The van der Waals surface area contributed by atoms with Crippen molar-refractivity contribution in [3.05, 3.63) is 292 Å². The van der Waals surface area contributed by atoms with Crippen LogP contribution in [-0.4, -0.2) is 46.0 Å². The lowest BCUT2D eigenvalue weighted by Gasteiger charge is -2.35. The van der Waals surface area contributed by atoms with Crippen molar-refractivity contribution < 1.29 is 46.0 Å². The first-order valence-electron chi connectivity index (χ1n) is 34.3. The summed E-state index contributed by atoms with van der Waals surface area (Å²) in [5.41, 5.74) is 29.1. The van der Waals surface area contributed by atoms with E-state index in [0.29, 0.717) is 60.8 Å². The maximum Gasteiger partial charge on any atom is 0.122 e. The van der Waals surface area contributed by atoms with Crippen LogP contribution in [-0.2, 0) is 49.4 Å². The van der Waals surface area contributed by atoms with Gasteiger partial charge in [0.05, 0.1) is 0 Å². The van der Waals surface area contributed by atoms with E-state index in [1.165, 1.54) is 0 Å². The zero-order valence-corrected chi connectivity index (χ0v) is 61.5. The van der Waals surface area contributed by atoms with E-state index in [9.17, 15) is 46.0 Å². The molecule has 0 aliphatic rings. The van der Waals surface area contributed by atoms with Crippen LogP contribution in [0.2, 0.25) is 0 Å². The second-order valence-electron chi connectivity index (χ2n) is 29.5. The fourth-order valence-electron chi connectivity index (χ4n) is 15.4. The number of rotatable bonds is 17. The molecule has 0 atom stereocenters. The van der Waals surface area contributed by atoms with Crippen molar-refractivity contribution in [2.75, 3.05) is 0 Å². The van der Waals surface area contributed by atoms with Crippen LogP contribution < -0.4 is 0 Å². The molecule has 9 nitrogen and oxygen atoms in total. The average molecular weight is 1310 g/mol. The molecule has 0 heterocycles. The minimum atomic E-state index is -1.06. The number of hydrogen-bond donors (Lipinski definition) is 9. The number of phenolic OH excluding ortho intramolecular Hbond substituents is 9. The Morgan fingerprint density at radius 1 is 0.214 bits per heavy atom. The molecule has 98 heavy (non-hydrogen) atoms. The fraction of sp³-hybridized carbons (Fsp3) is 0.326. The molecule has 0 aliphatic carbocycles. The van der Waals surface area contributed by atoms with E-state index in [1.54, 1.807) is 36.4 Å². The van der Waals surface area contributed by atoms with Crippen molar-refractivity contribution in [1.29, 1.82) is 0 Å². The average Bonchev–Trinajstić information content (AvgIpc) is 0.736. The molecular formula is C89H100O9. The van der Waals surface area contributed by atoms with Crippen LogP contribution in [0.4, 0.5) is 0 Å². The lowest BCUT2D eigenvalue weighted by molar-refractivity contribution is 0.460. The van der Waals surface area contributed by atoms with Gasteiger partial charge in [0.25, 0.3) is 0 Å². The second-order valence-corrected chi connectivity index (χ2v) is 29.5. The van der Waals surface area contributed by atoms with Crippen LogP contribution in [0.5, 0.6) is 51.7 Å². The third-order valence-corrected chi connectivity index (χ3v) is 23.4. The number of aromatic hydroxyl groups is 9. The van der Waals surface area contributed by atoms with Crippen molar-refractivity contribution >= 4 is 0 Å². The molecule has 0 fully saturated rings. The molecule has 10 aromatic rings. The molecule has 0 amide bonds. The van der Waals surface area contributed by atoms with Crippen molar-refractivity contribution in [2.45, 2.75) is 195 Å². The Morgan fingerprint density at radius 2 is 0.388 bits per heavy atom. The first-order valence-corrected chi connectivity index (χ1v) is 34.3. The Morgan fingerprint density at radius 3 is 0.582 bits per heavy atom. The van der Waals surface area contributed by atoms with Gasteiger partial charge in [-0.25, -0.2) is 0 Å². The van der Waals surface area contributed by atoms with Crippen LogP contribution in [0.3, 0.4) is 0 Å². The van der Waals surface area contributed by atoms with Gasteiger partial charge in [-0.05, 0) is 363 Å². The van der Waals surface area contributed by atoms with Crippen LogP contribution in [0.25, 0.3) is 0 Å². The van der Waals surface area contributed by atoms with Gasteiger partial charge in [0, 0.05) is 49.4 Å². The van der Waals surface area contributed by atoms with Crippen molar-refractivity contribution in [1.82, 2.24) is 0 Å². The molecule has 10 aromatic carbocycles. The molecule has 0 spiro atoms. The normalized spacial score (nSPS) is 11.9. The quantitative estimate of drug-likeness (QED) is 0.0401. The lowest BCUT2D eigenvalue weighted by Crippen LogP contribution is -2.27. The van der Waals surface area contributed by atoms with Gasteiger partial charge in [0.2, 0.25) is 0 Å². The molecule has 0 aromatic heterocycles. The Kier molecular flexibility index (Phi) is 19.4. The Balaban J connectivity index is 1.26. The smallest absolute Gasteiger partial charge is 0.122 e. The van der Waals surface area contributed by atoms with Gasteiger partial charge < -0.3 is 46.0 Å². The maximum absolute atomic E-state index is 13.0. The molecule has 9 heteroatoms. The highest BCUT2D eigenvalue weighted by molar-refractivity contribution is 5.65. The zero-order valence-electron chi connectivity index (χ0n) is 61.5. The number of hydrogen-bond acceptors (Lipinski definition) is 9. The number of phenols is 9. The van der Waals surface area contributed by atoms with Gasteiger partial charge in [-0.1, -0.05) is 74.5 Å². The van der Waals surface area contributed by atoms with Gasteiger partial charge in [-0.3, -0.25) is 0 Å². The molecule has 10 rings (SSSR count).